The molecule has 3 fully saturated rings. The zero-order chi connectivity index (χ0) is 15.8. The second-order valence-electron chi connectivity index (χ2n) is 7.44. The monoisotopic (exact) mass is 329 g/mol. The minimum atomic E-state index is -2.92. The van der Waals surface area contributed by atoms with Crippen LogP contribution in [0.1, 0.15) is 25.7 Å². The van der Waals surface area contributed by atoms with E-state index in [1.54, 1.807) is 7.05 Å². The van der Waals surface area contributed by atoms with Crippen LogP contribution in [0.2, 0.25) is 0 Å². The Morgan fingerprint density at radius 1 is 1.32 bits per heavy atom. The van der Waals surface area contributed by atoms with E-state index in [0.717, 1.165) is 57.9 Å². The largest absolute Gasteiger partial charge is 0.381 e. The number of sulfone groups is 1. The average molecular weight is 329 g/mol. The fourth-order valence-corrected chi connectivity index (χ4v) is 5.29. The van der Waals surface area contributed by atoms with Crippen molar-refractivity contribution in [3.63, 3.8) is 0 Å². The first-order valence-electron chi connectivity index (χ1n) is 8.07. The van der Waals surface area contributed by atoms with Gasteiger partial charge in [0.1, 0.15) is 9.84 Å². The normalized spacial score (nSPS) is 31.0. The van der Waals surface area contributed by atoms with Crippen LogP contribution >= 0.6 is 0 Å². The minimum absolute atomic E-state index is 0.0720. The van der Waals surface area contributed by atoms with Gasteiger partial charge in [-0.3, -0.25) is 4.99 Å². The van der Waals surface area contributed by atoms with Gasteiger partial charge in [0.05, 0.1) is 12.4 Å². The lowest BCUT2D eigenvalue weighted by Gasteiger charge is -2.26. The third-order valence-electron chi connectivity index (χ3n) is 5.28. The maximum atomic E-state index is 11.5. The van der Waals surface area contributed by atoms with Crippen molar-refractivity contribution in [2.24, 2.45) is 15.8 Å². The van der Waals surface area contributed by atoms with Gasteiger partial charge in [-0.2, -0.15) is 0 Å². The molecule has 0 amide bonds. The van der Waals surface area contributed by atoms with Crippen molar-refractivity contribution in [2.45, 2.75) is 25.7 Å². The Morgan fingerprint density at radius 2 is 2.09 bits per heavy atom. The Morgan fingerprint density at radius 3 is 2.64 bits per heavy atom. The molecule has 6 nitrogen and oxygen atoms in total. The minimum Gasteiger partial charge on any atom is -0.381 e. The number of aliphatic imine (C=N–C) groups is 1. The fraction of sp³-hybridized carbons (Fsp3) is 0.933. The molecular weight excluding hydrogens is 302 g/mol. The molecule has 1 N–H and O–H groups in total. The van der Waals surface area contributed by atoms with Gasteiger partial charge in [-0.15, -0.1) is 0 Å². The Labute approximate surface area is 133 Å². The van der Waals surface area contributed by atoms with E-state index >= 15 is 0 Å². The molecule has 2 saturated heterocycles. The van der Waals surface area contributed by atoms with Crippen LogP contribution in [0.3, 0.4) is 0 Å². The smallest absolute Gasteiger partial charge is 0.193 e. The summed E-state index contributed by atoms with van der Waals surface area (Å²) in [6.45, 7) is 4.43. The molecule has 1 aliphatic carbocycles. The highest BCUT2D eigenvalue weighted by Crippen LogP contribution is 2.46. The Hall–Kier alpha value is -0.820. The van der Waals surface area contributed by atoms with E-state index in [1.165, 1.54) is 6.26 Å². The highest BCUT2D eigenvalue weighted by atomic mass is 32.2. The standard InChI is InChI=1S/C15H27N3O3S/c1-16-13(17-9-14(3-4-14)12-22(2,19)20)18-7-5-15(10-18)6-8-21-11-15/h3-12H2,1-2H3,(H,16,17). The lowest BCUT2D eigenvalue weighted by atomic mass is 9.87. The molecule has 3 aliphatic rings. The van der Waals surface area contributed by atoms with Gasteiger partial charge in [0.2, 0.25) is 0 Å². The van der Waals surface area contributed by atoms with E-state index in [1.807, 2.05) is 0 Å². The lowest BCUT2D eigenvalue weighted by molar-refractivity contribution is 0.156. The van der Waals surface area contributed by atoms with Gasteiger partial charge in [0, 0.05) is 50.4 Å². The molecule has 1 atom stereocenters. The number of likely N-dealkylation sites (tertiary alicyclic amines) is 1. The summed E-state index contributed by atoms with van der Waals surface area (Å²) >= 11 is 0. The highest BCUT2D eigenvalue weighted by Gasteiger charge is 2.46. The van der Waals surface area contributed by atoms with Crippen molar-refractivity contribution < 1.29 is 13.2 Å². The van der Waals surface area contributed by atoms with Crippen LogP contribution in [0.25, 0.3) is 0 Å². The van der Waals surface area contributed by atoms with Gasteiger partial charge in [0.15, 0.2) is 5.96 Å². The van der Waals surface area contributed by atoms with Crippen LogP contribution < -0.4 is 5.32 Å². The molecule has 126 valence electrons. The number of hydrogen-bond acceptors (Lipinski definition) is 4. The molecule has 7 heteroatoms. The number of ether oxygens (including phenoxy) is 1. The van der Waals surface area contributed by atoms with E-state index in [2.05, 4.69) is 15.2 Å². The van der Waals surface area contributed by atoms with Crippen molar-refractivity contribution >= 4 is 15.8 Å². The number of nitrogens with zero attached hydrogens (tertiary/aromatic N) is 2. The fourth-order valence-electron chi connectivity index (χ4n) is 3.79. The second kappa shape index (κ2) is 5.67. The Balaban J connectivity index is 1.55. The third kappa shape index (κ3) is 3.56. The van der Waals surface area contributed by atoms with E-state index in [0.29, 0.717) is 12.0 Å². The topological polar surface area (TPSA) is 71.0 Å². The molecule has 0 aromatic carbocycles. The molecule has 3 rings (SSSR count). The SMILES string of the molecule is CN=C(NCC1(CS(C)(=O)=O)CC1)N1CCC2(CCOC2)C1. The molecule has 1 spiro atoms. The molecule has 0 aromatic rings. The number of rotatable bonds is 4. The first-order valence-corrected chi connectivity index (χ1v) is 10.1. The van der Waals surface area contributed by atoms with Gasteiger partial charge in [0.25, 0.3) is 0 Å². The highest BCUT2D eigenvalue weighted by molar-refractivity contribution is 7.90. The summed E-state index contributed by atoms with van der Waals surface area (Å²) in [6, 6.07) is 0. The van der Waals surface area contributed by atoms with Gasteiger partial charge < -0.3 is 15.0 Å². The van der Waals surface area contributed by atoms with Crippen LogP contribution in [0.15, 0.2) is 4.99 Å². The molecule has 1 unspecified atom stereocenters. The second-order valence-corrected chi connectivity index (χ2v) is 9.59. The molecule has 2 aliphatic heterocycles. The summed E-state index contributed by atoms with van der Waals surface area (Å²) in [6.07, 6.45) is 5.59. The summed E-state index contributed by atoms with van der Waals surface area (Å²) in [7, 11) is -1.12. The zero-order valence-corrected chi connectivity index (χ0v) is 14.4. The Kier molecular flexibility index (Phi) is 4.14. The summed E-state index contributed by atoms with van der Waals surface area (Å²) in [4.78, 5) is 6.69. The van der Waals surface area contributed by atoms with Gasteiger partial charge in [-0.1, -0.05) is 0 Å². The van der Waals surface area contributed by atoms with Crippen LogP contribution in [0.5, 0.6) is 0 Å². The molecule has 0 radical (unpaired) electrons. The van der Waals surface area contributed by atoms with E-state index < -0.39 is 9.84 Å². The summed E-state index contributed by atoms with van der Waals surface area (Å²) in [5.74, 6) is 1.19. The number of guanidine groups is 1. The zero-order valence-electron chi connectivity index (χ0n) is 13.6. The molecule has 0 bridgehead atoms. The van der Waals surface area contributed by atoms with Crippen molar-refractivity contribution in [1.29, 1.82) is 0 Å². The van der Waals surface area contributed by atoms with E-state index in [4.69, 9.17) is 4.74 Å². The molecule has 22 heavy (non-hydrogen) atoms. The Bertz CT molecular complexity index is 548. The summed E-state index contributed by atoms with van der Waals surface area (Å²) in [5, 5.41) is 3.41. The van der Waals surface area contributed by atoms with E-state index in [-0.39, 0.29) is 11.2 Å². The first kappa shape index (κ1) is 16.1. The third-order valence-corrected chi connectivity index (χ3v) is 6.42. The maximum Gasteiger partial charge on any atom is 0.193 e. The van der Waals surface area contributed by atoms with Crippen molar-refractivity contribution in [1.82, 2.24) is 10.2 Å². The van der Waals surface area contributed by atoms with Crippen LogP contribution in [0, 0.1) is 10.8 Å². The number of hydrogen-bond donors (Lipinski definition) is 1. The van der Waals surface area contributed by atoms with Crippen molar-refractivity contribution in [3.05, 3.63) is 0 Å². The summed E-state index contributed by atoms with van der Waals surface area (Å²) in [5.41, 5.74) is 0.235. The van der Waals surface area contributed by atoms with Gasteiger partial charge in [-0.25, -0.2) is 8.42 Å². The maximum absolute atomic E-state index is 11.5. The van der Waals surface area contributed by atoms with Gasteiger partial charge in [-0.05, 0) is 25.7 Å². The van der Waals surface area contributed by atoms with E-state index in [9.17, 15) is 8.42 Å². The van der Waals surface area contributed by atoms with Crippen molar-refractivity contribution in [2.75, 3.05) is 51.9 Å². The van der Waals surface area contributed by atoms with Gasteiger partial charge >= 0.3 is 0 Å². The first-order chi connectivity index (χ1) is 10.4. The van der Waals surface area contributed by atoms with Crippen LogP contribution in [-0.4, -0.2) is 71.2 Å². The van der Waals surface area contributed by atoms with Crippen LogP contribution in [-0.2, 0) is 14.6 Å². The molecule has 2 heterocycles. The number of nitrogens with one attached hydrogen (secondary N) is 1. The van der Waals surface area contributed by atoms with Crippen LogP contribution in [0.4, 0.5) is 0 Å². The predicted octanol–water partition coefficient (Wildman–Crippen LogP) is 0.499. The molecule has 1 saturated carbocycles. The molecular formula is C15H27N3O3S. The quantitative estimate of drug-likeness (QED) is 0.601. The lowest BCUT2D eigenvalue weighted by Crippen LogP contribution is -2.44. The average Bonchev–Trinajstić information content (AvgIpc) is 2.88. The summed E-state index contributed by atoms with van der Waals surface area (Å²) < 4.78 is 28.7. The predicted molar refractivity (Wildman–Crippen MR) is 86.8 cm³/mol. The van der Waals surface area contributed by atoms with Crippen molar-refractivity contribution in [3.8, 4) is 0 Å². The molecule has 0 aromatic heterocycles.